The number of para-hydroxylation sites is 1. The number of nitrogens with zero attached hydrogens (tertiary/aromatic N) is 1. The Hall–Kier alpha value is -3.59. The molecule has 4 aromatic rings. The van der Waals surface area contributed by atoms with Crippen LogP contribution in [0.1, 0.15) is 16.7 Å². The molecule has 138 valence electrons. The van der Waals surface area contributed by atoms with Crippen LogP contribution in [-0.4, -0.2) is 17.6 Å². The smallest absolute Gasteiger partial charge is 0.330 e. The van der Waals surface area contributed by atoms with E-state index in [1.807, 2.05) is 30.3 Å². The maximum atomic E-state index is 11.4. The maximum absolute atomic E-state index is 11.4. The van der Waals surface area contributed by atoms with Gasteiger partial charge in [0.05, 0.1) is 12.6 Å². The molecule has 0 amide bonds. The molecule has 3 nitrogen and oxygen atoms in total. The van der Waals surface area contributed by atoms with Crippen molar-refractivity contribution in [2.75, 3.05) is 7.11 Å². The van der Waals surface area contributed by atoms with Crippen molar-refractivity contribution in [1.29, 1.82) is 0 Å². The summed E-state index contributed by atoms with van der Waals surface area (Å²) >= 11 is 0. The molecule has 0 unspecified atom stereocenters. The molecule has 0 radical (unpaired) electrons. The minimum Gasteiger partial charge on any atom is -0.466 e. The minimum absolute atomic E-state index is 0.355. The van der Waals surface area contributed by atoms with Gasteiger partial charge in [-0.1, -0.05) is 54.6 Å². The van der Waals surface area contributed by atoms with Gasteiger partial charge in [-0.15, -0.1) is 0 Å². The molecular formula is C25H21NO2. The maximum Gasteiger partial charge on any atom is 0.330 e. The highest BCUT2D eigenvalue weighted by atomic mass is 16.5. The highest BCUT2D eigenvalue weighted by Gasteiger charge is 2.11. The Kier molecular flexibility index (Phi) is 5.07. The lowest BCUT2D eigenvalue weighted by atomic mass is 10.0. The molecule has 28 heavy (non-hydrogen) atoms. The molecule has 1 heterocycles. The number of benzene rings is 3. The number of fused-ring (bicyclic) bond motifs is 1. The van der Waals surface area contributed by atoms with E-state index in [2.05, 4.69) is 59.3 Å². The van der Waals surface area contributed by atoms with Gasteiger partial charge in [-0.05, 0) is 53.5 Å². The molecule has 0 aliphatic carbocycles. The zero-order chi connectivity index (χ0) is 19.3. The highest BCUT2D eigenvalue weighted by Crippen LogP contribution is 2.28. The molecule has 0 atom stereocenters. The third-order valence-corrected chi connectivity index (χ3v) is 4.80. The third kappa shape index (κ3) is 3.74. The van der Waals surface area contributed by atoms with Gasteiger partial charge in [-0.3, -0.25) is 0 Å². The van der Waals surface area contributed by atoms with Gasteiger partial charge in [0.25, 0.3) is 0 Å². The Morgan fingerprint density at radius 2 is 1.68 bits per heavy atom. The van der Waals surface area contributed by atoms with Crippen molar-refractivity contribution in [1.82, 2.24) is 4.57 Å². The molecule has 0 bridgehead atoms. The van der Waals surface area contributed by atoms with E-state index in [4.69, 9.17) is 4.74 Å². The first-order valence-electron chi connectivity index (χ1n) is 9.24. The molecule has 0 aliphatic rings. The third-order valence-electron chi connectivity index (χ3n) is 4.80. The predicted octanol–water partition coefficient (Wildman–Crippen LogP) is 5.41. The lowest BCUT2D eigenvalue weighted by molar-refractivity contribution is -0.134. The van der Waals surface area contributed by atoms with E-state index in [9.17, 15) is 4.79 Å². The lowest BCUT2D eigenvalue weighted by Gasteiger charge is -2.05. The molecule has 0 fully saturated rings. The molecule has 0 aliphatic heterocycles. The summed E-state index contributed by atoms with van der Waals surface area (Å²) in [6, 6.07) is 27.0. The summed E-state index contributed by atoms with van der Waals surface area (Å²) in [5.74, 6) is -0.355. The first kappa shape index (κ1) is 17.8. The van der Waals surface area contributed by atoms with Gasteiger partial charge in [0, 0.05) is 23.3 Å². The largest absolute Gasteiger partial charge is 0.466 e. The molecule has 3 aromatic carbocycles. The van der Waals surface area contributed by atoms with Crippen molar-refractivity contribution in [3.05, 3.63) is 108 Å². The van der Waals surface area contributed by atoms with Crippen LogP contribution in [-0.2, 0) is 16.0 Å². The van der Waals surface area contributed by atoms with Crippen molar-refractivity contribution < 1.29 is 9.53 Å². The molecule has 3 heteroatoms. The van der Waals surface area contributed by atoms with Crippen LogP contribution >= 0.6 is 0 Å². The quantitative estimate of drug-likeness (QED) is 0.349. The van der Waals surface area contributed by atoms with Crippen LogP contribution in [0.4, 0.5) is 0 Å². The number of ether oxygens (including phenoxy) is 1. The number of methoxy groups -OCH3 is 1. The fourth-order valence-electron chi connectivity index (χ4n) is 3.41. The number of carbonyl (C=O) groups excluding carboxylic acids is 1. The zero-order valence-corrected chi connectivity index (χ0v) is 15.7. The number of carbonyl (C=O) groups is 1. The molecule has 4 rings (SSSR count). The molecule has 0 saturated heterocycles. The van der Waals surface area contributed by atoms with E-state index in [1.165, 1.54) is 29.7 Å². The van der Waals surface area contributed by atoms with Crippen LogP contribution in [0, 0.1) is 0 Å². The van der Waals surface area contributed by atoms with E-state index in [0.717, 1.165) is 23.2 Å². The second-order valence-electron chi connectivity index (χ2n) is 6.66. The van der Waals surface area contributed by atoms with Gasteiger partial charge in [-0.2, -0.15) is 0 Å². The standard InChI is InChI=1S/C25H21NO2/c1-28-25(27)15-13-20-12-14-24-23(17-20)21(16-19-8-4-2-5-9-19)18-26(24)22-10-6-3-7-11-22/h2-15,17-18H,16H2,1H3/b15-13+. The average Bonchev–Trinajstić information content (AvgIpc) is 3.11. The van der Waals surface area contributed by atoms with E-state index < -0.39 is 0 Å². The predicted molar refractivity (Wildman–Crippen MR) is 114 cm³/mol. The molecular weight excluding hydrogens is 346 g/mol. The van der Waals surface area contributed by atoms with E-state index in [-0.39, 0.29) is 5.97 Å². The van der Waals surface area contributed by atoms with Gasteiger partial charge >= 0.3 is 5.97 Å². The van der Waals surface area contributed by atoms with E-state index in [1.54, 1.807) is 6.08 Å². The van der Waals surface area contributed by atoms with Gasteiger partial charge in [0.1, 0.15) is 0 Å². The summed E-state index contributed by atoms with van der Waals surface area (Å²) in [6.07, 6.45) is 6.30. The van der Waals surface area contributed by atoms with Crippen LogP contribution in [0.3, 0.4) is 0 Å². The number of aromatic nitrogens is 1. The van der Waals surface area contributed by atoms with Crippen molar-refractivity contribution in [2.24, 2.45) is 0 Å². The van der Waals surface area contributed by atoms with Crippen molar-refractivity contribution >= 4 is 22.9 Å². The average molecular weight is 367 g/mol. The van der Waals surface area contributed by atoms with Crippen LogP contribution in [0.15, 0.2) is 91.1 Å². The first-order chi connectivity index (χ1) is 13.7. The highest BCUT2D eigenvalue weighted by molar-refractivity contribution is 5.91. The summed E-state index contributed by atoms with van der Waals surface area (Å²) in [6.45, 7) is 0. The number of hydrogen-bond donors (Lipinski definition) is 0. The first-order valence-corrected chi connectivity index (χ1v) is 9.24. The summed E-state index contributed by atoms with van der Waals surface area (Å²) in [7, 11) is 1.38. The SMILES string of the molecule is COC(=O)/C=C/c1ccc2c(c1)c(Cc1ccccc1)cn2-c1ccccc1. The van der Waals surface area contributed by atoms with Crippen molar-refractivity contribution in [3.8, 4) is 5.69 Å². The summed E-state index contributed by atoms with van der Waals surface area (Å²) < 4.78 is 6.92. The number of hydrogen-bond acceptors (Lipinski definition) is 2. The fourth-order valence-corrected chi connectivity index (χ4v) is 3.41. The van der Waals surface area contributed by atoms with Crippen LogP contribution in [0.25, 0.3) is 22.7 Å². The van der Waals surface area contributed by atoms with Crippen LogP contribution < -0.4 is 0 Å². The zero-order valence-electron chi connectivity index (χ0n) is 15.7. The van der Waals surface area contributed by atoms with E-state index >= 15 is 0 Å². The van der Waals surface area contributed by atoms with Gasteiger partial charge in [-0.25, -0.2) is 4.79 Å². The van der Waals surface area contributed by atoms with Gasteiger partial charge in [0.2, 0.25) is 0 Å². The molecule has 0 spiro atoms. The van der Waals surface area contributed by atoms with Crippen molar-refractivity contribution in [3.63, 3.8) is 0 Å². The summed E-state index contributed by atoms with van der Waals surface area (Å²) in [4.78, 5) is 11.4. The Morgan fingerprint density at radius 3 is 2.39 bits per heavy atom. The second-order valence-corrected chi connectivity index (χ2v) is 6.66. The van der Waals surface area contributed by atoms with E-state index in [0.29, 0.717) is 0 Å². The summed E-state index contributed by atoms with van der Waals surface area (Å²) in [5.41, 5.74) is 5.76. The summed E-state index contributed by atoms with van der Waals surface area (Å²) in [5, 5.41) is 1.18. The van der Waals surface area contributed by atoms with Crippen LogP contribution in [0.5, 0.6) is 0 Å². The Morgan fingerprint density at radius 1 is 0.964 bits per heavy atom. The minimum atomic E-state index is -0.355. The fraction of sp³-hybridized carbons (Fsp3) is 0.0800. The van der Waals surface area contributed by atoms with Gasteiger partial charge < -0.3 is 9.30 Å². The molecule has 0 N–H and O–H groups in total. The monoisotopic (exact) mass is 367 g/mol. The van der Waals surface area contributed by atoms with Crippen LogP contribution in [0.2, 0.25) is 0 Å². The number of rotatable bonds is 5. The second kappa shape index (κ2) is 7.97. The Balaban J connectivity index is 1.82. The normalized spacial score (nSPS) is 11.2. The lowest BCUT2D eigenvalue weighted by Crippen LogP contribution is -1.93. The topological polar surface area (TPSA) is 31.2 Å². The molecule has 1 aromatic heterocycles. The Bertz CT molecular complexity index is 1130. The van der Waals surface area contributed by atoms with Gasteiger partial charge in [0.15, 0.2) is 0 Å². The Labute approximate surface area is 164 Å². The number of esters is 1. The molecule has 0 saturated carbocycles. The van der Waals surface area contributed by atoms with Crippen molar-refractivity contribution in [2.45, 2.75) is 6.42 Å².